The van der Waals surface area contributed by atoms with Gasteiger partial charge in [0.05, 0.1) is 0 Å². The molecular weight excluding hydrogens is 124 g/mol. The number of hydrogen-bond donors (Lipinski definition) is 0. The molecule has 1 atom stereocenters. The van der Waals surface area contributed by atoms with Crippen molar-refractivity contribution in [3.8, 4) is 0 Å². The van der Waals surface area contributed by atoms with E-state index in [1.165, 1.54) is 6.47 Å². The molecule has 0 fully saturated rings. The minimum absolute atomic E-state index is 0.0440. The van der Waals surface area contributed by atoms with Gasteiger partial charge in [0, 0.05) is 0 Å². The van der Waals surface area contributed by atoms with Crippen LogP contribution >= 0.6 is 11.8 Å². The fourth-order valence-corrected chi connectivity index (χ4v) is 0.913. The first-order chi connectivity index (χ1) is 3.81. The Morgan fingerprint density at radius 3 is 2.88 bits per heavy atom. The molecule has 0 aliphatic rings. The van der Waals surface area contributed by atoms with E-state index < -0.39 is 0 Å². The second-order valence-electron chi connectivity index (χ2n) is 1.22. The van der Waals surface area contributed by atoms with Crippen LogP contribution in [0, 0.1) is 0 Å². The molecule has 1 radical (unpaired) electrons. The van der Waals surface area contributed by atoms with Crippen LogP contribution in [0.25, 0.3) is 0 Å². The van der Waals surface area contributed by atoms with Gasteiger partial charge in [0.1, 0.15) is 5.44 Å². The van der Waals surface area contributed by atoms with E-state index in [9.17, 15) is 4.79 Å². The molecular formula is C5H9O2S. The van der Waals surface area contributed by atoms with Gasteiger partial charge in [0.15, 0.2) is 0 Å². The normalized spacial score (nSPS) is 12.8. The summed E-state index contributed by atoms with van der Waals surface area (Å²) in [6.45, 7) is 5.21. The standard InChI is InChI=1S/C5H9O2S/c1-3-8-5(2)7-4-6/h5H,3H2,1-2H3. The number of carbonyl (C=O) groups excluding carboxylic acids is 1. The Morgan fingerprint density at radius 2 is 2.50 bits per heavy atom. The van der Waals surface area contributed by atoms with Crippen LogP contribution in [-0.4, -0.2) is 17.7 Å². The smallest absolute Gasteiger partial charge is 0.418 e. The van der Waals surface area contributed by atoms with E-state index >= 15 is 0 Å². The summed E-state index contributed by atoms with van der Waals surface area (Å²) in [5, 5.41) is 0. The molecule has 0 amide bonds. The Labute approximate surface area is 53.6 Å². The minimum atomic E-state index is -0.0440. The molecule has 2 nitrogen and oxygen atoms in total. The van der Waals surface area contributed by atoms with E-state index in [1.54, 1.807) is 11.8 Å². The molecule has 0 heterocycles. The first kappa shape index (κ1) is 7.82. The molecule has 0 spiro atoms. The van der Waals surface area contributed by atoms with Crippen molar-refractivity contribution in [3.63, 3.8) is 0 Å². The molecule has 0 rings (SSSR count). The largest absolute Gasteiger partial charge is 0.443 e. The zero-order valence-electron chi connectivity index (χ0n) is 5.01. The van der Waals surface area contributed by atoms with Crippen molar-refractivity contribution in [2.24, 2.45) is 0 Å². The van der Waals surface area contributed by atoms with Crippen LogP contribution in [0.2, 0.25) is 0 Å². The highest BCUT2D eigenvalue weighted by Crippen LogP contribution is 2.08. The number of thioether (sulfide) groups is 1. The molecule has 0 aromatic carbocycles. The molecule has 0 aromatic rings. The zero-order chi connectivity index (χ0) is 6.41. The monoisotopic (exact) mass is 133 g/mol. The summed E-state index contributed by atoms with van der Waals surface area (Å²) in [5.74, 6) is 0.961. The molecule has 0 aromatic heterocycles. The Morgan fingerprint density at radius 1 is 1.88 bits per heavy atom. The molecule has 0 aliphatic heterocycles. The van der Waals surface area contributed by atoms with Gasteiger partial charge in [0.25, 0.3) is 0 Å². The fourth-order valence-electron chi connectivity index (χ4n) is 0.336. The van der Waals surface area contributed by atoms with Crippen molar-refractivity contribution >= 4 is 18.2 Å². The highest BCUT2D eigenvalue weighted by molar-refractivity contribution is 7.99. The van der Waals surface area contributed by atoms with Crippen LogP contribution in [0.15, 0.2) is 0 Å². The Kier molecular flexibility index (Phi) is 4.85. The average molecular weight is 133 g/mol. The third kappa shape index (κ3) is 3.99. The van der Waals surface area contributed by atoms with Crippen LogP contribution in [0.1, 0.15) is 13.8 Å². The van der Waals surface area contributed by atoms with E-state index in [0.29, 0.717) is 0 Å². The molecule has 0 saturated heterocycles. The molecule has 0 saturated carbocycles. The summed E-state index contributed by atoms with van der Waals surface area (Å²) in [6.07, 6.45) is 0. The first-order valence-corrected chi connectivity index (χ1v) is 3.50. The van der Waals surface area contributed by atoms with Gasteiger partial charge in [-0.3, -0.25) is 0 Å². The van der Waals surface area contributed by atoms with Crippen molar-refractivity contribution in [1.82, 2.24) is 0 Å². The summed E-state index contributed by atoms with van der Waals surface area (Å²) < 4.78 is 4.44. The van der Waals surface area contributed by atoms with E-state index in [1.807, 2.05) is 13.8 Å². The molecule has 3 heteroatoms. The number of rotatable bonds is 4. The number of ether oxygens (including phenoxy) is 1. The van der Waals surface area contributed by atoms with Gasteiger partial charge >= 0.3 is 6.47 Å². The number of hydrogen-bond acceptors (Lipinski definition) is 3. The zero-order valence-corrected chi connectivity index (χ0v) is 5.83. The maximum Gasteiger partial charge on any atom is 0.418 e. The van der Waals surface area contributed by atoms with Crippen LogP contribution in [0.3, 0.4) is 0 Å². The van der Waals surface area contributed by atoms with E-state index in [2.05, 4.69) is 4.74 Å². The quantitative estimate of drug-likeness (QED) is 0.538. The second kappa shape index (κ2) is 4.97. The van der Waals surface area contributed by atoms with Crippen molar-refractivity contribution in [3.05, 3.63) is 0 Å². The van der Waals surface area contributed by atoms with Gasteiger partial charge in [-0.05, 0) is 12.7 Å². The summed E-state index contributed by atoms with van der Waals surface area (Å²) in [4.78, 5) is 9.53. The van der Waals surface area contributed by atoms with Crippen LogP contribution in [0.5, 0.6) is 0 Å². The summed E-state index contributed by atoms with van der Waals surface area (Å²) >= 11 is 1.57. The Bertz CT molecular complexity index is 65.4. The van der Waals surface area contributed by atoms with Crippen molar-refractivity contribution in [1.29, 1.82) is 0 Å². The third-order valence-corrected chi connectivity index (χ3v) is 1.51. The van der Waals surface area contributed by atoms with E-state index in [-0.39, 0.29) is 5.44 Å². The Balaban J connectivity index is 3.03. The van der Waals surface area contributed by atoms with Gasteiger partial charge in [-0.2, -0.15) is 0 Å². The van der Waals surface area contributed by atoms with Crippen LogP contribution in [-0.2, 0) is 9.53 Å². The van der Waals surface area contributed by atoms with Gasteiger partial charge in [-0.1, -0.05) is 6.92 Å². The third-order valence-electron chi connectivity index (χ3n) is 0.615. The SMILES string of the molecule is CCSC(C)O[C]=O. The topological polar surface area (TPSA) is 26.3 Å². The van der Waals surface area contributed by atoms with Gasteiger partial charge < -0.3 is 4.74 Å². The Hall–Kier alpha value is -0.180. The predicted octanol–water partition coefficient (Wildman–Crippen LogP) is 1.17. The predicted molar refractivity (Wildman–Crippen MR) is 34.4 cm³/mol. The maximum atomic E-state index is 9.53. The molecule has 1 unspecified atom stereocenters. The second-order valence-corrected chi connectivity index (χ2v) is 2.80. The highest BCUT2D eigenvalue weighted by Gasteiger charge is 1.97. The lowest BCUT2D eigenvalue weighted by molar-refractivity contribution is 0.269. The minimum Gasteiger partial charge on any atom is -0.443 e. The summed E-state index contributed by atoms with van der Waals surface area (Å²) in [5.41, 5.74) is -0.0440. The highest BCUT2D eigenvalue weighted by atomic mass is 32.2. The maximum absolute atomic E-state index is 9.53. The lowest BCUT2D eigenvalue weighted by Gasteiger charge is -2.03. The summed E-state index contributed by atoms with van der Waals surface area (Å²) in [7, 11) is 0. The molecule has 0 N–H and O–H groups in total. The van der Waals surface area contributed by atoms with Gasteiger partial charge in [-0.25, -0.2) is 4.79 Å². The molecule has 47 valence electrons. The van der Waals surface area contributed by atoms with E-state index in [0.717, 1.165) is 5.75 Å². The van der Waals surface area contributed by atoms with Crippen LogP contribution < -0.4 is 0 Å². The lowest BCUT2D eigenvalue weighted by Crippen LogP contribution is -2.00. The first-order valence-electron chi connectivity index (χ1n) is 2.45. The fraction of sp³-hybridized carbons (Fsp3) is 0.800. The van der Waals surface area contributed by atoms with Crippen molar-refractivity contribution in [2.75, 3.05) is 5.75 Å². The lowest BCUT2D eigenvalue weighted by atomic mass is 10.9. The average Bonchev–Trinajstić information content (AvgIpc) is 1.68. The van der Waals surface area contributed by atoms with Gasteiger partial charge in [-0.15, -0.1) is 11.8 Å². The molecule has 0 aliphatic carbocycles. The van der Waals surface area contributed by atoms with Crippen LogP contribution in [0.4, 0.5) is 0 Å². The molecule has 8 heavy (non-hydrogen) atoms. The van der Waals surface area contributed by atoms with Gasteiger partial charge in [0.2, 0.25) is 0 Å². The summed E-state index contributed by atoms with van der Waals surface area (Å²) in [6, 6.07) is 0. The van der Waals surface area contributed by atoms with E-state index in [4.69, 9.17) is 0 Å². The molecule has 0 bridgehead atoms. The van der Waals surface area contributed by atoms with Crippen molar-refractivity contribution in [2.45, 2.75) is 19.3 Å². The van der Waals surface area contributed by atoms with Crippen molar-refractivity contribution < 1.29 is 9.53 Å².